The number of ether oxygens (including phenoxy) is 2. The van der Waals surface area contributed by atoms with Gasteiger partial charge in [0.1, 0.15) is 5.75 Å². The van der Waals surface area contributed by atoms with E-state index >= 15 is 0 Å². The predicted molar refractivity (Wildman–Crippen MR) is 116 cm³/mol. The van der Waals surface area contributed by atoms with Crippen LogP contribution in [0.4, 0.5) is 0 Å². The fourth-order valence-corrected chi connectivity index (χ4v) is 3.01. The van der Waals surface area contributed by atoms with Gasteiger partial charge in [0.2, 0.25) is 0 Å². The van der Waals surface area contributed by atoms with Gasteiger partial charge in [-0.2, -0.15) is 0 Å². The van der Waals surface area contributed by atoms with E-state index < -0.39 is 12.1 Å². The van der Waals surface area contributed by atoms with Crippen LogP contribution in [0.3, 0.4) is 0 Å². The lowest BCUT2D eigenvalue weighted by Gasteiger charge is -2.12. The highest BCUT2D eigenvalue weighted by molar-refractivity contribution is 5.93. The molecule has 1 unspecified atom stereocenters. The van der Waals surface area contributed by atoms with Crippen LogP contribution in [0.2, 0.25) is 0 Å². The minimum absolute atomic E-state index is 0.0508. The molecule has 29 heavy (non-hydrogen) atoms. The van der Waals surface area contributed by atoms with Crippen molar-refractivity contribution < 1.29 is 19.1 Å². The number of carbonyl (C=O) groups is 2. The number of hydrogen-bond donors (Lipinski definition) is 0. The predicted octanol–water partition coefficient (Wildman–Crippen LogP) is 6.23. The summed E-state index contributed by atoms with van der Waals surface area (Å²) in [6, 6.07) is 15.2. The highest BCUT2D eigenvalue weighted by Gasteiger charge is 2.18. The number of hydrogen-bond acceptors (Lipinski definition) is 4. The average molecular weight is 397 g/mol. The maximum absolute atomic E-state index is 12.2. The molecule has 0 aliphatic rings. The van der Waals surface area contributed by atoms with Crippen LogP contribution in [0.15, 0.2) is 48.5 Å². The summed E-state index contributed by atoms with van der Waals surface area (Å²) >= 11 is 0. The maximum Gasteiger partial charge on any atom is 0.338 e. The van der Waals surface area contributed by atoms with Crippen molar-refractivity contribution >= 4 is 11.8 Å². The van der Waals surface area contributed by atoms with Gasteiger partial charge in [-0.05, 0) is 55.2 Å². The Balaban J connectivity index is 1.90. The van der Waals surface area contributed by atoms with Gasteiger partial charge < -0.3 is 9.47 Å². The lowest BCUT2D eigenvalue weighted by atomic mass is 10.0. The molecule has 2 rings (SSSR count). The molecule has 0 bridgehead atoms. The molecule has 4 nitrogen and oxygen atoms in total. The van der Waals surface area contributed by atoms with Gasteiger partial charge in [-0.15, -0.1) is 0 Å². The molecule has 0 aliphatic carbocycles. The molecule has 0 amide bonds. The Bertz CT molecular complexity index is 762. The summed E-state index contributed by atoms with van der Waals surface area (Å²) in [6.45, 7) is 6.49. The molecule has 2 aromatic rings. The van der Waals surface area contributed by atoms with Crippen molar-refractivity contribution in [3.8, 4) is 16.9 Å². The number of unbranched alkanes of at least 4 members (excludes halogenated alkanes) is 3. The second-order valence-corrected chi connectivity index (χ2v) is 7.27. The topological polar surface area (TPSA) is 52.6 Å². The Hall–Kier alpha value is -2.62. The third-order valence-corrected chi connectivity index (χ3v) is 4.81. The molecular formula is C25H32O4. The van der Waals surface area contributed by atoms with E-state index in [-0.39, 0.29) is 5.78 Å². The van der Waals surface area contributed by atoms with Crippen molar-refractivity contribution in [1.29, 1.82) is 0 Å². The lowest BCUT2D eigenvalue weighted by Crippen LogP contribution is -2.24. The zero-order valence-corrected chi connectivity index (χ0v) is 17.8. The van der Waals surface area contributed by atoms with E-state index in [1.54, 1.807) is 19.1 Å². The summed E-state index contributed by atoms with van der Waals surface area (Å²) in [6.07, 6.45) is 5.21. The molecular weight excluding hydrogens is 364 g/mol. The van der Waals surface area contributed by atoms with E-state index in [0.29, 0.717) is 12.0 Å². The van der Waals surface area contributed by atoms with E-state index in [1.807, 2.05) is 43.3 Å². The lowest BCUT2D eigenvalue weighted by molar-refractivity contribution is -0.126. The van der Waals surface area contributed by atoms with Gasteiger partial charge in [-0.3, -0.25) is 4.79 Å². The molecule has 0 N–H and O–H groups in total. The highest BCUT2D eigenvalue weighted by atomic mass is 16.5. The molecule has 0 radical (unpaired) electrons. The Morgan fingerprint density at radius 1 is 0.828 bits per heavy atom. The normalized spacial score (nSPS) is 11.7. The third-order valence-electron chi connectivity index (χ3n) is 4.81. The molecule has 0 heterocycles. The standard InChI is InChI=1S/C25H32O4/c1-4-6-7-8-18-28-23-16-14-21(15-17-23)20-10-12-22(13-11-20)25(27)29-19(3)24(26)9-5-2/h10-17,19H,4-9,18H2,1-3H3. The minimum atomic E-state index is -0.711. The van der Waals surface area contributed by atoms with Crippen LogP contribution in [-0.4, -0.2) is 24.5 Å². The highest BCUT2D eigenvalue weighted by Crippen LogP contribution is 2.23. The molecule has 4 heteroatoms. The fourth-order valence-electron chi connectivity index (χ4n) is 3.01. The third kappa shape index (κ3) is 7.37. The Morgan fingerprint density at radius 3 is 2.03 bits per heavy atom. The summed E-state index contributed by atoms with van der Waals surface area (Å²) in [7, 11) is 0. The second-order valence-electron chi connectivity index (χ2n) is 7.27. The average Bonchev–Trinajstić information content (AvgIpc) is 2.74. The van der Waals surface area contributed by atoms with Crippen molar-refractivity contribution in [3.63, 3.8) is 0 Å². The van der Waals surface area contributed by atoms with Crippen LogP contribution in [0, 0.1) is 0 Å². The zero-order valence-electron chi connectivity index (χ0n) is 17.8. The quantitative estimate of drug-likeness (QED) is 0.315. The number of benzene rings is 2. The summed E-state index contributed by atoms with van der Waals surface area (Å²) in [5.74, 6) is 0.349. The number of ketones is 1. The van der Waals surface area contributed by atoms with Crippen LogP contribution in [-0.2, 0) is 9.53 Å². The molecule has 0 aliphatic heterocycles. The Morgan fingerprint density at radius 2 is 1.45 bits per heavy atom. The van der Waals surface area contributed by atoms with Crippen molar-refractivity contribution in [1.82, 2.24) is 0 Å². The summed E-state index contributed by atoms with van der Waals surface area (Å²) in [5, 5.41) is 0. The van der Waals surface area contributed by atoms with E-state index in [4.69, 9.17) is 9.47 Å². The van der Waals surface area contributed by atoms with Crippen LogP contribution < -0.4 is 4.74 Å². The smallest absolute Gasteiger partial charge is 0.338 e. The van der Waals surface area contributed by atoms with E-state index in [1.165, 1.54) is 19.3 Å². The largest absolute Gasteiger partial charge is 0.494 e. The van der Waals surface area contributed by atoms with Gasteiger partial charge in [0.25, 0.3) is 0 Å². The van der Waals surface area contributed by atoms with Gasteiger partial charge in [-0.25, -0.2) is 4.79 Å². The van der Waals surface area contributed by atoms with Crippen LogP contribution >= 0.6 is 0 Å². The van der Waals surface area contributed by atoms with E-state index in [0.717, 1.165) is 36.3 Å². The van der Waals surface area contributed by atoms with E-state index in [9.17, 15) is 9.59 Å². The van der Waals surface area contributed by atoms with Crippen LogP contribution in [0.25, 0.3) is 11.1 Å². The van der Waals surface area contributed by atoms with Crippen LogP contribution in [0.1, 0.15) is 69.7 Å². The van der Waals surface area contributed by atoms with Crippen molar-refractivity contribution in [2.24, 2.45) is 0 Å². The van der Waals surface area contributed by atoms with E-state index in [2.05, 4.69) is 6.92 Å². The molecule has 0 saturated carbocycles. The van der Waals surface area contributed by atoms with Gasteiger partial charge in [0.15, 0.2) is 11.9 Å². The molecule has 0 fully saturated rings. The molecule has 156 valence electrons. The molecule has 0 aromatic heterocycles. The molecule has 2 aromatic carbocycles. The first-order valence-corrected chi connectivity index (χ1v) is 10.6. The maximum atomic E-state index is 12.2. The summed E-state index contributed by atoms with van der Waals surface area (Å²) < 4.78 is 11.0. The minimum Gasteiger partial charge on any atom is -0.494 e. The molecule has 0 saturated heterocycles. The Kier molecular flexibility index (Phi) is 9.42. The molecule has 0 spiro atoms. The summed E-state index contributed by atoms with van der Waals surface area (Å²) in [5.41, 5.74) is 2.50. The molecule has 1 atom stereocenters. The number of esters is 1. The Labute approximate surface area is 174 Å². The van der Waals surface area contributed by atoms with Crippen LogP contribution in [0.5, 0.6) is 5.75 Å². The van der Waals surface area contributed by atoms with Crippen molar-refractivity contribution in [2.45, 2.75) is 65.4 Å². The first kappa shape index (κ1) is 22.7. The number of carbonyl (C=O) groups excluding carboxylic acids is 2. The first-order valence-electron chi connectivity index (χ1n) is 10.6. The monoisotopic (exact) mass is 396 g/mol. The SMILES string of the molecule is CCCCCCOc1ccc(-c2ccc(C(=O)OC(C)C(=O)CCC)cc2)cc1. The van der Waals surface area contributed by atoms with Gasteiger partial charge in [0, 0.05) is 6.42 Å². The van der Waals surface area contributed by atoms with Crippen molar-refractivity contribution in [3.05, 3.63) is 54.1 Å². The van der Waals surface area contributed by atoms with Gasteiger partial charge >= 0.3 is 5.97 Å². The first-order chi connectivity index (χ1) is 14.0. The second kappa shape index (κ2) is 12.1. The summed E-state index contributed by atoms with van der Waals surface area (Å²) in [4.78, 5) is 24.0. The zero-order chi connectivity index (χ0) is 21.1. The number of Topliss-reactive ketones (excluding diaryl/α,β-unsaturated/α-hetero) is 1. The fraction of sp³-hybridized carbons (Fsp3) is 0.440. The van der Waals surface area contributed by atoms with Gasteiger partial charge in [0.05, 0.1) is 12.2 Å². The van der Waals surface area contributed by atoms with Gasteiger partial charge in [-0.1, -0.05) is 57.4 Å². The van der Waals surface area contributed by atoms with Crippen molar-refractivity contribution in [2.75, 3.05) is 6.61 Å². The number of rotatable bonds is 12.